The van der Waals surface area contributed by atoms with Crippen molar-refractivity contribution in [1.29, 1.82) is 0 Å². The quantitative estimate of drug-likeness (QED) is 0.773. The topological polar surface area (TPSA) is 32.8 Å². The summed E-state index contributed by atoms with van der Waals surface area (Å²) in [5, 5.41) is 0. The van der Waals surface area contributed by atoms with E-state index in [0.717, 1.165) is 50.9 Å². The number of piperidine rings is 1. The van der Waals surface area contributed by atoms with Crippen molar-refractivity contribution in [3.63, 3.8) is 0 Å². The molecule has 0 N–H and O–H groups in total. The van der Waals surface area contributed by atoms with Gasteiger partial charge in [-0.3, -0.25) is 9.69 Å². The average molecular weight is 282 g/mol. The smallest absolute Gasteiger partial charge is 0.248 e. The minimum absolute atomic E-state index is 0.176. The molecule has 2 fully saturated rings. The molecule has 2 rings (SSSR count). The first-order valence-electron chi connectivity index (χ1n) is 8.10. The summed E-state index contributed by atoms with van der Waals surface area (Å²) in [6.07, 6.45) is 2.55. The van der Waals surface area contributed by atoms with Gasteiger partial charge >= 0.3 is 0 Å². The summed E-state index contributed by atoms with van der Waals surface area (Å²) in [7, 11) is 0. The van der Waals surface area contributed by atoms with Gasteiger partial charge in [-0.1, -0.05) is 13.8 Å². The molecule has 116 valence electrons. The Morgan fingerprint density at radius 2 is 1.75 bits per heavy atom. The largest absolute Gasteiger partial charge is 0.366 e. The van der Waals surface area contributed by atoms with E-state index in [-0.39, 0.29) is 18.6 Å². The molecular formula is C16H30N2O2. The Morgan fingerprint density at radius 3 is 2.25 bits per heavy atom. The molecule has 2 saturated heterocycles. The number of ether oxygens (including phenoxy) is 1. The predicted octanol–water partition coefficient (Wildman–Crippen LogP) is 1.99. The second-order valence-corrected chi connectivity index (χ2v) is 6.94. The molecule has 0 aromatic carbocycles. The van der Waals surface area contributed by atoms with Crippen LogP contribution in [0.4, 0.5) is 0 Å². The zero-order chi connectivity index (χ0) is 14.7. The molecular weight excluding hydrogens is 252 g/mol. The second-order valence-electron chi connectivity index (χ2n) is 6.94. The number of carbonyl (C=O) groups excluding carboxylic acids is 1. The average Bonchev–Trinajstić information content (AvgIpc) is 2.36. The van der Waals surface area contributed by atoms with E-state index in [1.54, 1.807) is 0 Å². The minimum Gasteiger partial charge on any atom is -0.366 e. The fourth-order valence-electron chi connectivity index (χ4n) is 3.09. The van der Waals surface area contributed by atoms with Crippen molar-refractivity contribution in [3.8, 4) is 0 Å². The molecule has 2 aliphatic rings. The molecule has 0 aromatic rings. The third-order valence-electron chi connectivity index (χ3n) is 4.88. The summed E-state index contributed by atoms with van der Waals surface area (Å²) >= 11 is 0. The number of hydrogen-bond acceptors (Lipinski definition) is 3. The lowest BCUT2D eigenvalue weighted by atomic mass is 9.87. The van der Waals surface area contributed by atoms with E-state index in [9.17, 15) is 4.79 Å². The zero-order valence-electron chi connectivity index (χ0n) is 13.5. The molecule has 0 bridgehead atoms. The zero-order valence-corrected chi connectivity index (χ0v) is 13.5. The van der Waals surface area contributed by atoms with Gasteiger partial charge in [-0.05, 0) is 38.5 Å². The van der Waals surface area contributed by atoms with E-state index in [4.69, 9.17) is 4.74 Å². The second kappa shape index (κ2) is 6.90. The lowest BCUT2D eigenvalue weighted by Gasteiger charge is -2.42. The van der Waals surface area contributed by atoms with Gasteiger partial charge in [-0.25, -0.2) is 0 Å². The lowest BCUT2D eigenvalue weighted by molar-refractivity contribution is -0.144. The molecule has 0 saturated carbocycles. The van der Waals surface area contributed by atoms with Crippen LogP contribution in [0.15, 0.2) is 0 Å². The first kappa shape index (κ1) is 15.8. The summed E-state index contributed by atoms with van der Waals surface area (Å²) in [4.78, 5) is 16.5. The van der Waals surface area contributed by atoms with Crippen LogP contribution in [0.2, 0.25) is 0 Å². The van der Waals surface area contributed by atoms with Crippen molar-refractivity contribution in [1.82, 2.24) is 9.80 Å². The van der Waals surface area contributed by atoms with E-state index < -0.39 is 0 Å². The van der Waals surface area contributed by atoms with E-state index in [2.05, 4.69) is 32.6 Å². The van der Waals surface area contributed by atoms with E-state index >= 15 is 0 Å². The van der Waals surface area contributed by atoms with Crippen molar-refractivity contribution in [2.45, 2.75) is 52.7 Å². The highest BCUT2D eigenvalue weighted by Gasteiger charge is 2.30. The van der Waals surface area contributed by atoms with Crippen LogP contribution in [0.25, 0.3) is 0 Å². The van der Waals surface area contributed by atoms with Gasteiger partial charge in [0.05, 0.1) is 6.10 Å². The molecule has 2 aliphatic heterocycles. The van der Waals surface area contributed by atoms with Crippen LogP contribution < -0.4 is 0 Å². The van der Waals surface area contributed by atoms with E-state index in [0.29, 0.717) is 6.04 Å². The standard InChI is InChI=1S/C16H30N2O2/c1-12(2)14-5-7-17(8-6-14)16(19)11-20-15-9-18(10-15)13(3)4/h12-15H,5-11H2,1-4H3. The Morgan fingerprint density at radius 1 is 1.15 bits per heavy atom. The number of amides is 1. The van der Waals surface area contributed by atoms with Gasteiger partial charge in [0, 0.05) is 32.2 Å². The fraction of sp³-hybridized carbons (Fsp3) is 0.938. The number of hydrogen-bond donors (Lipinski definition) is 0. The summed E-state index contributed by atoms with van der Waals surface area (Å²) in [5.74, 6) is 1.70. The predicted molar refractivity (Wildman–Crippen MR) is 80.6 cm³/mol. The van der Waals surface area contributed by atoms with Crippen molar-refractivity contribution in [2.24, 2.45) is 11.8 Å². The molecule has 0 unspecified atom stereocenters. The highest BCUT2D eigenvalue weighted by atomic mass is 16.5. The van der Waals surface area contributed by atoms with Crippen molar-refractivity contribution < 1.29 is 9.53 Å². The highest BCUT2D eigenvalue weighted by Crippen LogP contribution is 2.24. The molecule has 4 heteroatoms. The molecule has 20 heavy (non-hydrogen) atoms. The van der Waals surface area contributed by atoms with Crippen molar-refractivity contribution >= 4 is 5.91 Å². The molecule has 1 amide bonds. The third-order valence-corrected chi connectivity index (χ3v) is 4.88. The van der Waals surface area contributed by atoms with Crippen LogP contribution in [-0.4, -0.2) is 60.6 Å². The van der Waals surface area contributed by atoms with Gasteiger partial charge in [0.15, 0.2) is 0 Å². The molecule has 0 aromatic heterocycles. The van der Waals surface area contributed by atoms with Crippen LogP contribution in [0.5, 0.6) is 0 Å². The third kappa shape index (κ3) is 3.95. The minimum atomic E-state index is 0.176. The van der Waals surface area contributed by atoms with Crippen LogP contribution in [0, 0.1) is 11.8 Å². The Kier molecular flexibility index (Phi) is 5.44. The Hall–Kier alpha value is -0.610. The van der Waals surface area contributed by atoms with Crippen LogP contribution in [0.1, 0.15) is 40.5 Å². The number of nitrogens with zero attached hydrogens (tertiary/aromatic N) is 2. The van der Waals surface area contributed by atoms with Crippen LogP contribution in [-0.2, 0) is 9.53 Å². The van der Waals surface area contributed by atoms with Gasteiger partial charge in [0.25, 0.3) is 0 Å². The number of rotatable bonds is 5. The normalized spacial score (nSPS) is 22.6. The molecule has 0 atom stereocenters. The first-order chi connectivity index (χ1) is 9.47. The SMILES string of the molecule is CC(C)C1CCN(C(=O)COC2CN(C(C)C)C2)CC1. The van der Waals surface area contributed by atoms with Gasteiger partial charge < -0.3 is 9.64 Å². The molecule has 0 radical (unpaired) electrons. The summed E-state index contributed by atoms with van der Waals surface area (Å²) in [5.41, 5.74) is 0. The molecule has 0 spiro atoms. The molecule has 0 aliphatic carbocycles. The van der Waals surface area contributed by atoms with Gasteiger partial charge in [-0.2, -0.15) is 0 Å². The monoisotopic (exact) mass is 282 g/mol. The molecule has 4 nitrogen and oxygen atoms in total. The summed E-state index contributed by atoms with van der Waals surface area (Å²) in [6.45, 7) is 13.0. The van der Waals surface area contributed by atoms with Crippen LogP contribution >= 0.6 is 0 Å². The maximum Gasteiger partial charge on any atom is 0.248 e. The van der Waals surface area contributed by atoms with Gasteiger partial charge in [-0.15, -0.1) is 0 Å². The Balaban J connectivity index is 1.62. The van der Waals surface area contributed by atoms with Crippen LogP contribution in [0.3, 0.4) is 0 Å². The maximum absolute atomic E-state index is 12.1. The van der Waals surface area contributed by atoms with Gasteiger partial charge in [0.2, 0.25) is 5.91 Å². The van der Waals surface area contributed by atoms with E-state index in [1.165, 1.54) is 0 Å². The lowest BCUT2D eigenvalue weighted by Crippen LogP contribution is -2.55. The van der Waals surface area contributed by atoms with Crippen molar-refractivity contribution in [2.75, 3.05) is 32.8 Å². The summed E-state index contributed by atoms with van der Waals surface area (Å²) < 4.78 is 5.71. The number of carbonyl (C=O) groups is 1. The first-order valence-corrected chi connectivity index (χ1v) is 8.10. The Bertz CT molecular complexity index is 316. The van der Waals surface area contributed by atoms with Gasteiger partial charge in [0.1, 0.15) is 6.61 Å². The number of likely N-dealkylation sites (tertiary alicyclic amines) is 2. The Labute approximate surface area is 123 Å². The van der Waals surface area contributed by atoms with Crippen molar-refractivity contribution in [3.05, 3.63) is 0 Å². The maximum atomic E-state index is 12.1. The molecule has 2 heterocycles. The van der Waals surface area contributed by atoms with E-state index in [1.807, 2.05) is 4.90 Å². The fourth-order valence-corrected chi connectivity index (χ4v) is 3.09. The highest BCUT2D eigenvalue weighted by molar-refractivity contribution is 5.77. The summed E-state index contributed by atoms with van der Waals surface area (Å²) in [6, 6.07) is 0.584.